The number of aliphatic carboxylic acids is 2. The monoisotopic (exact) mass is 391 g/mol. The maximum absolute atomic E-state index is 11.8. The number of carboxylic acid groups (broad SMARTS) is 2. The standard InChI is InChI=1S/C16H25NO10/c1-3-17(4-2)7-8-26-13(21)9-16(25,15(23)24)10-14(22)27-12(20)6-5-11(18)19/h25H,3-10H2,1-2H3,(H,18,19)(H,23,24). The minimum Gasteiger partial charge on any atom is -0.481 e. The lowest BCUT2D eigenvalue weighted by Gasteiger charge is -2.22. The molecule has 0 bridgehead atoms. The molecule has 11 nitrogen and oxygen atoms in total. The van der Waals surface area contributed by atoms with E-state index >= 15 is 0 Å². The Hall–Kier alpha value is -2.53. The third-order valence-electron chi connectivity index (χ3n) is 3.61. The highest BCUT2D eigenvalue weighted by Crippen LogP contribution is 2.18. The molecule has 0 saturated heterocycles. The summed E-state index contributed by atoms with van der Waals surface area (Å²) in [6.07, 6.45) is -3.36. The van der Waals surface area contributed by atoms with Gasteiger partial charge in [-0.3, -0.25) is 19.2 Å². The van der Waals surface area contributed by atoms with Crippen LogP contribution in [0.4, 0.5) is 0 Å². The number of nitrogens with zero attached hydrogens (tertiary/aromatic N) is 1. The maximum atomic E-state index is 11.8. The van der Waals surface area contributed by atoms with E-state index in [9.17, 15) is 29.1 Å². The molecular weight excluding hydrogens is 366 g/mol. The third kappa shape index (κ3) is 10.3. The van der Waals surface area contributed by atoms with Crippen LogP contribution in [0.2, 0.25) is 0 Å². The SMILES string of the molecule is CCN(CC)CCOC(=O)CC(O)(CC(=O)OC(=O)CCC(=O)O)C(=O)O. The van der Waals surface area contributed by atoms with Crippen LogP contribution >= 0.6 is 0 Å². The van der Waals surface area contributed by atoms with E-state index in [4.69, 9.17) is 14.9 Å². The summed E-state index contributed by atoms with van der Waals surface area (Å²) in [4.78, 5) is 58.1. The van der Waals surface area contributed by atoms with E-state index in [1.165, 1.54) is 0 Å². The smallest absolute Gasteiger partial charge is 0.336 e. The Morgan fingerprint density at radius 3 is 1.93 bits per heavy atom. The number of ether oxygens (including phenoxy) is 2. The first-order chi connectivity index (χ1) is 12.5. The molecule has 0 saturated carbocycles. The summed E-state index contributed by atoms with van der Waals surface area (Å²) in [6, 6.07) is 0. The fourth-order valence-corrected chi connectivity index (χ4v) is 1.99. The van der Waals surface area contributed by atoms with Gasteiger partial charge < -0.3 is 29.7 Å². The second-order valence-electron chi connectivity index (χ2n) is 5.68. The summed E-state index contributed by atoms with van der Waals surface area (Å²) < 4.78 is 9.11. The molecule has 0 aliphatic heterocycles. The normalized spacial score (nSPS) is 12.9. The van der Waals surface area contributed by atoms with Gasteiger partial charge in [0, 0.05) is 6.54 Å². The highest BCUT2D eigenvalue weighted by atomic mass is 16.6. The molecule has 0 heterocycles. The third-order valence-corrected chi connectivity index (χ3v) is 3.61. The second-order valence-corrected chi connectivity index (χ2v) is 5.68. The van der Waals surface area contributed by atoms with Gasteiger partial charge in [0.1, 0.15) is 6.61 Å². The summed E-state index contributed by atoms with van der Waals surface area (Å²) in [5, 5.41) is 27.6. The number of carbonyl (C=O) groups excluding carboxylic acids is 3. The minimum atomic E-state index is -2.81. The molecule has 154 valence electrons. The summed E-state index contributed by atoms with van der Waals surface area (Å²) in [7, 11) is 0. The van der Waals surface area contributed by atoms with Crippen molar-refractivity contribution >= 4 is 29.8 Å². The Balaban J connectivity index is 4.62. The predicted octanol–water partition coefficient (Wildman–Crippen LogP) is -0.598. The van der Waals surface area contributed by atoms with Gasteiger partial charge in [-0.2, -0.15) is 0 Å². The Morgan fingerprint density at radius 2 is 1.44 bits per heavy atom. The highest BCUT2D eigenvalue weighted by molar-refractivity contribution is 5.92. The number of aliphatic hydroxyl groups is 1. The van der Waals surface area contributed by atoms with Gasteiger partial charge in [-0.05, 0) is 13.1 Å². The zero-order valence-electron chi connectivity index (χ0n) is 15.3. The van der Waals surface area contributed by atoms with E-state index in [0.29, 0.717) is 6.54 Å². The van der Waals surface area contributed by atoms with Crippen molar-refractivity contribution in [3.8, 4) is 0 Å². The van der Waals surface area contributed by atoms with Crippen molar-refractivity contribution in [2.24, 2.45) is 0 Å². The molecule has 0 radical (unpaired) electrons. The van der Waals surface area contributed by atoms with Crippen LogP contribution in [0.5, 0.6) is 0 Å². The molecular formula is C16H25NO10. The lowest BCUT2D eigenvalue weighted by Crippen LogP contribution is -2.44. The molecule has 0 aliphatic carbocycles. The van der Waals surface area contributed by atoms with Crippen molar-refractivity contribution in [2.45, 2.75) is 45.1 Å². The van der Waals surface area contributed by atoms with Crippen LogP contribution < -0.4 is 0 Å². The highest BCUT2D eigenvalue weighted by Gasteiger charge is 2.42. The molecule has 0 aromatic heterocycles. The van der Waals surface area contributed by atoms with Crippen LogP contribution in [-0.4, -0.2) is 81.9 Å². The number of carboxylic acids is 2. The fraction of sp³-hybridized carbons (Fsp3) is 0.688. The average Bonchev–Trinajstić information content (AvgIpc) is 2.56. The Labute approximate surface area is 155 Å². The van der Waals surface area contributed by atoms with Crippen molar-refractivity contribution in [3.05, 3.63) is 0 Å². The van der Waals surface area contributed by atoms with Crippen molar-refractivity contribution < 1.29 is 48.8 Å². The van der Waals surface area contributed by atoms with E-state index < -0.39 is 61.1 Å². The van der Waals surface area contributed by atoms with Gasteiger partial charge in [0.15, 0.2) is 5.60 Å². The van der Waals surface area contributed by atoms with Crippen molar-refractivity contribution in [3.63, 3.8) is 0 Å². The lowest BCUT2D eigenvalue weighted by atomic mass is 9.96. The summed E-state index contributed by atoms with van der Waals surface area (Å²) in [5.74, 6) is -6.76. The Kier molecular flexibility index (Phi) is 10.8. The van der Waals surface area contributed by atoms with Crippen LogP contribution in [-0.2, 0) is 33.4 Å². The van der Waals surface area contributed by atoms with Crippen LogP contribution in [0.25, 0.3) is 0 Å². The van der Waals surface area contributed by atoms with Crippen molar-refractivity contribution in [2.75, 3.05) is 26.2 Å². The molecule has 0 rings (SSSR count). The Morgan fingerprint density at radius 1 is 0.889 bits per heavy atom. The molecule has 11 heteroatoms. The van der Waals surface area contributed by atoms with E-state index in [2.05, 4.69) is 4.74 Å². The van der Waals surface area contributed by atoms with Gasteiger partial charge in [0.25, 0.3) is 0 Å². The van der Waals surface area contributed by atoms with Gasteiger partial charge in [-0.25, -0.2) is 4.79 Å². The molecule has 0 aliphatic rings. The maximum Gasteiger partial charge on any atom is 0.336 e. The summed E-state index contributed by atoms with van der Waals surface area (Å²) in [5.41, 5.74) is -2.81. The molecule has 0 aromatic rings. The number of esters is 3. The zero-order valence-corrected chi connectivity index (χ0v) is 15.3. The van der Waals surface area contributed by atoms with Gasteiger partial charge >= 0.3 is 29.8 Å². The fourth-order valence-electron chi connectivity index (χ4n) is 1.99. The van der Waals surface area contributed by atoms with Crippen LogP contribution in [0.3, 0.4) is 0 Å². The number of carbonyl (C=O) groups is 5. The first-order valence-corrected chi connectivity index (χ1v) is 8.33. The second kappa shape index (κ2) is 12.0. The average molecular weight is 391 g/mol. The van der Waals surface area contributed by atoms with Crippen LogP contribution in [0, 0.1) is 0 Å². The van der Waals surface area contributed by atoms with E-state index in [1.54, 1.807) is 0 Å². The quantitative estimate of drug-likeness (QED) is 0.271. The first-order valence-electron chi connectivity index (χ1n) is 8.33. The first kappa shape index (κ1) is 24.5. The van der Waals surface area contributed by atoms with E-state index in [-0.39, 0.29) is 6.61 Å². The van der Waals surface area contributed by atoms with Gasteiger partial charge in [0.2, 0.25) is 0 Å². The number of hydrogen-bond acceptors (Lipinski definition) is 9. The summed E-state index contributed by atoms with van der Waals surface area (Å²) in [6.45, 7) is 5.69. The number of likely N-dealkylation sites (N-methyl/N-ethyl adjacent to an activating group) is 1. The van der Waals surface area contributed by atoms with Gasteiger partial charge in [-0.1, -0.05) is 13.8 Å². The molecule has 0 fully saturated rings. The molecule has 1 unspecified atom stereocenters. The van der Waals surface area contributed by atoms with Crippen molar-refractivity contribution in [1.29, 1.82) is 0 Å². The minimum absolute atomic E-state index is 0.0195. The topological polar surface area (TPSA) is 168 Å². The van der Waals surface area contributed by atoms with Gasteiger partial charge in [-0.15, -0.1) is 0 Å². The lowest BCUT2D eigenvalue weighted by molar-refractivity contribution is -0.175. The largest absolute Gasteiger partial charge is 0.481 e. The van der Waals surface area contributed by atoms with E-state index in [0.717, 1.165) is 13.1 Å². The van der Waals surface area contributed by atoms with Crippen LogP contribution in [0.15, 0.2) is 0 Å². The molecule has 1 atom stereocenters. The number of hydrogen-bond donors (Lipinski definition) is 3. The molecule has 27 heavy (non-hydrogen) atoms. The molecule has 3 N–H and O–H groups in total. The van der Waals surface area contributed by atoms with Crippen LogP contribution in [0.1, 0.15) is 39.5 Å². The molecule has 0 aromatic carbocycles. The predicted molar refractivity (Wildman–Crippen MR) is 88.5 cm³/mol. The zero-order chi connectivity index (χ0) is 21.0. The molecule has 0 spiro atoms. The summed E-state index contributed by atoms with van der Waals surface area (Å²) >= 11 is 0. The van der Waals surface area contributed by atoms with E-state index in [1.807, 2.05) is 18.7 Å². The Bertz CT molecular complexity index is 557. The van der Waals surface area contributed by atoms with Gasteiger partial charge in [0.05, 0.1) is 25.7 Å². The number of rotatable bonds is 13. The van der Waals surface area contributed by atoms with Crippen molar-refractivity contribution in [1.82, 2.24) is 4.90 Å². The molecule has 0 amide bonds.